The maximum atomic E-state index is 6.29. The zero-order chi connectivity index (χ0) is 14.8. The van der Waals surface area contributed by atoms with Crippen molar-refractivity contribution in [2.75, 3.05) is 13.2 Å². The van der Waals surface area contributed by atoms with Crippen molar-refractivity contribution in [3.8, 4) is 0 Å². The Hall–Kier alpha value is -0.163. The molecule has 0 unspecified atom stereocenters. The standard InChI is InChI=1S/C16H27BrO2Si/c1-4-7-13-18-20(6-3,19-14-8-5-2)16-11-9-15(17)10-12-16/h9-12H,4-8,13-14H2,1-3H3. The molecule has 0 spiro atoms. The predicted octanol–water partition coefficient (Wildman–Crippen LogP) is 4.75. The molecule has 0 bridgehead atoms. The predicted molar refractivity (Wildman–Crippen MR) is 91.7 cm³/mol. The molecule has 0 heterocycles. The highest BCUT2D eigenvalue weighted by molar-refractivity contribution is 9.10. The van der Waals surface area contributed by atoms with Crippen molar-refractivity contribution < 1.29 is 8.85 Å². The molecule has 0 saturated carbocycles. The Bertz CT molecular complexity index is 357. The minimum absolute atomic E-state index is 0.804. The van der Waals surface area contributed by atoms with E-state index in [2.05, 4.69) is 61.0 Å². The Morgan fingerprint density at radius 2 is 1.40 bits per heavy atom. The first-order valence-electron chi connectivity index (χ1n) is 7.72. The van der Waals surface area contributed by atoms with Crippen LogP contribution in [0.4, 0.5) is 0 Å². The summed E-state index contributed by atoms with van der Waals surface area (Å²) in [6.45, 7) is 8.18. The minimum Gasteiger partial charge on any atom is -0.391 e. The molecule has 0 aliphatic heterocycles. The summed E-state index contributed by atoms with van der Waals surface area (Å²) in [5.74, 6) is 0. The quantitative estimate of drug-likeness (QED) is 0.443. The molecule has 0 atom stereocenters. The van der Waals surface area contributed by atoms with E-state index >= 15 is 0 Å². The maximum absolute atomic E-state index is 6.29. The average molecular weight is 359 g/mol. The fourth-order valence-corrected chi connectivity index (χ4v) is 5.20. The number of rotatable bonds is 10. The minimum atomic E-state index is -2.26. The third kappa shape index (κ3) is 5.32. The Balaban J connectivity index is 2.86. The molecule has 0 radical (unpaired) electrons. The van der Waals surface area contributed by atoms with Crippen LogP contribution in [0.15, 0.2) is 28.7 Å². The fraction of sp³-hybridized carbons (Fsp3) is 0.625. The van der Waals surface area contributed by atoms with Crippen molar-refractivity contribution in [3.63, 3.8) is 0 Å². The van der Waals surface area contributed by atoms with Gasteiger partial charge in [0.1, 0.15) is 0 Å². The summed E-state index contributed by atoms with van der Waals surface area (Å²) in [6.07, 6.45) is 4.51. The molecular weight excluding hydrogens is 332 g/mol. The Labute approximate surface area is 133 Å². The van der Waals surface area contributed by atoms with Crippen LogP contribution in [-0.2, 0) is 8.85 Å². The summed E-state index contributed by atoms with van der Waals surface area (Å²) >= 11 is 3.50. The Morgan fingerprint density at radius 1 is 0.900 bits per heavy atom. The van der Waals surface area contributed by atoms with Gasteiger partial charge in [-0.2, -0.15) is 0 Å². The third-order valence-corrected chi connectivity index (χ3v) is 7.43. The number of unbranched alkanes of at least 4 members (excludes halogenated alkanes) is 2. The van der Waals surface area contributed by atoms with E-state index in [1.165, 1.54) is 5.19 Å². The molecule has 0 fully saturated rings. The van der Waals surface area contributed by atoms with Crippen molar-refractivity contribution >= 4 is 29.7 Å². The monoisotopic (exact) mass is 358 g/mol. The summed E-state index contributed by atoms with van der Waals surface area (Å²) in [4.78, 5) is 0. The fourth-order valence-electron chi connectivity index (χ4n) is 2.08. The van der Waals surface area contributed by atoms with Crippen molar-refractivity contribution in [1.29, 1.82) is 0 Å². The Kier molecular flexibility index (Phi) is 8.69. The van der Waals surface area contributed by atoms with Crippen LogP contribution in [0.25, 0.3) is 0 Å². The molecule has 0 amide bonds. The van der Waals surface area contributed by atoms with Crippen LogP contribution in [0.5, 0.6) is 0 Å². The van der Waals surface area contributed by atoms with E-state index in [-0.39, 0.29) is 0 Å². The smallest absolute Gasteiger partial charge is 0.372 e. The van der Waals surface area contributed by atoms with E-state index in [1.54, 1.807) is 0 Å². The number of hydrogen-bond acceptors (Lipinski definition) is 2. The number of benzene rings is 1. The van der Waals surface area contributed by atoms with Gasteiger partial charge < -0.3 is 8.85 Å². The van der Waals surface area contributed by atoms with Gasteiger partial charge in [0.25, 0.3) is 0 Å². The molecule has 4 heteroatoms. The highest BCUT2D eigenvalue weighted by Gasteiger charge is 2.38. The lowest BCUT2D eigenvalue weighted by atomic mass is 10.4. The van der Waals surface area contributed by atoms with Crippen LogP contribution >= 0.6 is 15.9 Å². The van der Waals surface area contributed by atoms with Gasteiger partial charge in [0.15, 0.2) is 0 Å². The lowest BCUT2D eigenvalue weighted by Gasteiger charge is -2.30. The van der Waals surface area contributed by atoms with E-state index in [0.29, 0.717) is 0 Å². The molecule has 0 aromatic heterocycles. The van der Waals surface area contributed by atoms with Gasteiger partial charge in [-0.3, -0.25) is 0 Å². The largest absolute Gasteiger partial charge is 0.391 e. The molecular formula is C16H27BrO2Si. The first-order chi connectivity index (χ1) is 9.68. The van der Waals surface area contributed by atoms with Gasteiger partial charge in [0, 0.05) is 17.7 Å². The van der Waals surface area contributed by atoms with Gasteiger partial charge in [-0.25, -0.2) is 0 Å². The second-order valence-electron chi connectivity index (χ2n) is 5.02. The SMILES string of the molecule is CCCCO[Si](CC)(OCCCC)c1ccc(Br)cc1. The highest BCUT2D eigenvalue weighted by atomic mass is 79.9. The lowest BCUT2D eigenvalue weighted by Crippen LogP contribution is -2.53. The third-order valence-electron chi connectivity index (χ3n) is 3.42. The topological polar surface area (TPSA) is 18.5 Å². The summed E-state index contributed by atoms with van der Waals surface area (Å²) in [5, 5.41) is 1.25. The molecule has 1 aromatic carbocycles. The van der Waals surface area contributed by atoms with Crippen LogP contribution < -0.4 is 5.19 Å². The van der Waals surface area contributed by atoms with E-state index in [9.17, 15) is 0 Å². The molecule has 0 saturated heterocycles. The second kappa shape index (κ2) is 9.72. The van der Waals surface area contributed by atoms with Gasteiger partial charge in [-0.05, 0) is 36.2 Å². The van der Waals surface area contributed by atoms with Crippen molar-refractivity contribution in [2.24, 2.45) is 0 Å². The van der Waals surface area contributed by atoms with Gasteiger partial charge >= 0.3 is 8.56 Å². The molecule has 0 aliphatic carbocycles. The van der Waals surface area contributed by atoms with E-state index in [1.807, 2.05) is 0 Å². The average Bonchev–Trinajstić information content (AvgIpc) is 2.47. The van der Waals surface area contributed by atoms with Crippen LogP contribution in [-0.4, -0.2) is 21.8 Å². The molecule has 20 heavy (non-hydrogen) atoms. The highest BCUT2D eigenvalue weighted by Crippen LogP contribution is 2.17. The summed E-state index contributed by atoms with van der Waals surface area (Å²) in [6, 6.07) is 9.43. The van der Waals surface area contributed by atoms with Crippen LogP contribution in [0.2, 0.25) is 6.04 Å². The lowest BCUT2D eigenvalue weighted by molar-refractivity contribution is 0.176. The number of hydrogen-bond donors (Lipinski definition) is 0. The zero-order valence-corrected chi connectivity index (χ0v) is 15.5. The van der Waals surface area contributed by atoms with Crippen molar-refractivity contribution in [3.05, 3.63) is 28.7 Å². The van der Waals surface area contributed by atoms with E-state index in [4.69, 9.17) is 8.85 Å². The van der Waals surface area contributed by atoms with Crippen LogP contribution in [0.1, 0.15) is 46.5 Å². The van der Waals surface area contributed by atoms with Gasteiger partial charge in [-0.15, -0.1) is 0 Å². The normalized spacial score (nSPS) is 11.8. The number of halogens is 1. The molecule has 0 N–H and O–H groups in total. The van der Waals surface area contributed by atoms with Gasteiger partial charge in [-0.1, -0.05) is 61.7 Å². The molecule has 1 aromatic rings. The van der Waals surface area contributed by atoms with E-state index in [0.717, 1.165) is 49.4 Å². The van der Waals surface area contributed by atoms with Gasteiger partial charge in [0.2, 0.25) is 0 Å². The molecule has 2 nitrogen and oxygen atoms in total. The Morgan fingerprint density at radius 3 is 1.80 bits per heavy atom. The molecule has 1 rings (SSSR count). The van der Waals surface area contributed by atoms with E-state index < -0.39 is 8.56 Å². The molecule has 114 valence electrons. The van der Waals surface area contributed by atoms with Crippen molar-refractivity contribution in [2.45, 2.75) is 52.5 Å². The van der Waals surface area contributed by atoms with Crippen molar-refractivity contribution in [1.82, 2.24) is 0 Å². The first-order valence-corrected chi connectivity index (χ1v) is 10.5. The summed E-state index contributed by atoms with van der Waals surface area (Å²) < 4.78 is 13.7. The zero-order valence-electron chi connectivity index (χ0n) is 13.0. The summed E-state index contributed by atoms with van der Waals surface area (Å²) in [5.41, 5.74) is 0. The molecule has 0 aliphatic rings. The second-order valence-corrected chi connectivity index (χ2v) is 9.30. The summed E-state index contributed by atoms with van der Waals surface area (Å²) in [7, 11) is -2.26. The first kappa shape index (κ1) is 17.9. The van der Waals surface area contributed by atoms with Crippen LogP contribution in [0.3, 0.4) is 0 Å². The maximum Gasteiger partial charge on any atom is 0.372 e. The van der Waals surface area contributed by atoms with Gasteiger partial charge in [0.05, 0.1) is 0 Å². The van der Waals surface area contributed by atoms with Crippen LogP contribution in [0, 0.1) is 0 Å².